The fourth-order valence-electron chi connectivity index (χ4n) is 1.66. The van der Waals surface area contributed by atoms with E-state index < -0.39 is 0 Å². The molecule has 1 N–H and O–H groups in total. The first-order valence-corrected chi connectivity index (χ1v) is 6.91. The van der Waals surface area contributed by atoms with Gasteiger partial charge in [0, 0.05) is 18.1 Å². The van der Waals surface area contributed by atoms with Crippen molar-refractivity contribution in [1.82, 2.24) is 25.2 Å². The van der Waals surface area contributed by atoms with Gasteiger partial charge in [0.2, 0.25) is 5.16 Å². The summed E-state index contributed by atoms with van der Waals surface area (Å²) in [6.45, 7) is 0. The number of pyridine rings is 1. The van der Waals surface area contributed by atoms with E-state index in [2.05, 4.69) is 20.5 Å². The molecule has 0 bridgehead atoms. The molecule has 0 saturated carbocycles. The lowest BCUT2D eigenvalue weighted by Gasteiger charge is -2.04. The van der Waals surface area contributed by atoms with Crippen LogP contribution in [0.3, 0.4) is 0 Å². The Morgan fingerprint density at radius 1 is 1.15 bits per heavy atom. The SMILES string of the molecule is Oc1ccc(-n2nnnc2SCc2cccnc2)cc1. The Labute approximate surface area is 119 Å². The topological polar surface area (TPSA) is 76.7 Å². The predicted molar refractivity (Wildman–Crippen MR) is 74.6 cm³/mol. The molecule has 1 aromatic carbocycles. The van der Waals surface area contributed by atoms with Gasteiger partial charge in [0.1, 0.15) is 5.75 Å². The van der Waals surface area contributed by atoms with E-state index in [0.29, 0.717) is 5.16 Å². The van der Waals surface area contributed by atoms with Gasteiger partial charge in [-0.15, -0.1) is 5.10 Å². The van der Waals surface area contributed by atoms with Crippen molar-refractivity contribution in [3.63, 3.8) is 0 Å². The average Bonchev–Trinajstić information content (AvgIpc) is 2.95. The Bertz CT molecular complexity index is 683. The largest absolute Gasteiger partial charge is 0.508 e. The van der Waals surface area contributed by atoms with Crippen LogP contribution in [0, 0.1) is 0 Å². The monoisotopic (exact) mass is 285 g/mol. The average molecular weight is 285 g/mol. The lowest BCUT2D eigenvalue weighted by molar-refractivity contribution is 0.475. The summed E-state index contributed by atoms with van der Waals surface area (Å²) in [4.78, 5) is 4.08. The number of tetrazole rings is 1. The Balaban J connectivity index is 1.78. The van der Waals surface area contributed by atoms with Crippen LogP contribution >= 0.6 is 11.8 Å². The first-order chi connectivity index (χ1) is 9.83. The van der Waals surface area contributed by atoms with E-state index in [-0.39, 0.29) is 5.75 Å². The van der Waals surface area contributed by atoms with Crippen LogP contribution in [0.4, 0.5) is 0 Å². The molecule has 0 atom stereocenters. The van der Waals surface area contributed by atoms with E-state index in [1.165, 1.54) is 11.8 Å². The van der Waals surface area contributed by atoms with Crippen LogP contribution in [0.25, 0.3) is 5.69 Å². The van der Waals surface area contributed by atoms with Crippen molar-refractivity contribution in [1.29, 1.82) is 0 Å². The summed E-state index contributed by atoms with van der Waals surface area (Å²) >= 11 is 1.53. The molecule has 0 aliphatic heterocycles. The molecule has 0 fully saturated rings. The molecule has 0 amide bonds. The van der Waals surface area contributed by atoms with E-state index in [0.717, 1.165) is 17.0 Å². The maximum Gasteiger partial charge on any atom is 0.214 e. The van der Waals surface area contributed by atoms with Gasteiger partial charge in [0.15, 0.2) is 0 Å². The van der Waals surface area contributed by atoms with Crippen molar-refractivity contribution in [2.24, 2.45) is 0 Å². The second kappa shape index (κ2) is 5.70. The number of phenols is 1. The third kappa shape index (κ3) is 2.77. The number of hydrogen-bond donors (Lipinski definition) is 1. The summed E-state index contributed by atoms with van der Waals surface area (Å²) in [5, 5.41) is 21.7. The fraction of sp³-hybridized carbons (Fsp3) is 0.0769. The molecule has 2 heterocycles. The zero-order valence-electron chi connectivity index (χ0n) is 10.4. The highest BCUT2D eigenvalue weighted by Gasteiger charge is 2.09. The van der Waals surface area contributed by atoms with Crippen LogP contribution in [0.2, 0.25) is 0 Å². The molecule has 3 aromatic rings. The first kappa shape index (κ1) is 12.6. The molecule has 20 heavy (non-hydrogen) atoms. The number of benzene rings is 1. The molecule has 7 heteroatoms. The summed E-state index contributed by atoms with van der Waals surface area (Å²) in [7, 11) is 0. The summed E-state index contributed by atoms with van der Waals surface area (Å²) in [5.41, 5.74) is 1.92. The van der Waals surface area contributed by atoms with Crippen LogP contribution in [-0.4, -0.2) is 30.3 Å². The number of rotatable bonds is 4. The van der Waals surface area contributed by atoms with Gasteiger partial charge < -0.3 is 5.11 Å². The van der Waals surface area contributed by atoms with Gasteiger partial charge in [-0.2, -0.15) is 4.68 Å². The third-order valence-electron chi connectivity index (χ3n) is 2.63. The molecule has 0 unspecified atom stereocenters. The Morgan fingerprint density at radius 3 is 2.75 bits per heavy atom. The maximum atomic E-state index is 9.30. The van der Waals surface area contributed by atoms with Gasteiger partial charge in [-0.1, -0.05) is 17.8 Å². The minimum atomic E-state index is 0.214. The fourth-order valence-corrected chi connectivity index (χ4v) is 2.48. The van der Waals surface area contributed by atoms with Crippen molar-refractivity contribution >= 4 is 11.8 Å². The summed E-state index contributed by atoms with van der Waals surface area (Å²) in [6, 6.07) is 10.6. The second-order valence-corrected chi connectivity index (χ2v) is 4.98. The number of thioether (sulfide) groups is 1. The van der Waals surface area contributed by atoms with Crippen LogP contribution in [0.15, 0.2) is 53.9 Å². The van der Waals surface area contributed by atoms with Crippen molar-refractivity contribution in [3.05, 3.63) is 54.4 Å². The van der Waals surface area contributed by atoms with Crippen molar-refractivity contribution in [3.8, 4) is 11.4 Å². The van der Waals surface area contributed by atoms with Crippen molar-refractivity contribution in [2.45, 2.75) is 10.9 Å². The molecular formula is C13H11N5OS. The lowest BCUT2D eigenvalue weighted by Crippen LogP contribution is -1.98. The van der Waals surface area contributed by atoms with Gasteiger partial charge in [-0.05, 0) is 46.3 Å². The van der Waals surface area contributed by atoms with E-state index in [1.807, 2.05) is 18.3 Å². The molecule has 0 spiro atoms. The number of aromatic hydroxyl groups is 1. The third-order valence-corrected chi connectivity index (χ3v) is 3.62. The number of aromatic nitrogens is 5. The highest BCUT2D eigenvalue weighted by molar-refractivity contribution is 7.98. The molecule has 0 saturated heterocycles. The van der Waals surface area contributed by atoms with Crippen LogP contribution in [-0.2, 0) is 5.75 Å². The Kier molecular flexibility index (Phi) is 3.60. The molecule has 0 aliphatic carbocycles. The van der Waals surface area contributed by atoms with Gasteiger partial charge in [0.25, 0.3) is 0 Å². The normalized spacial score (nSPS) is 10.6. The van der Waals surface area contributed by atoms with Gasteiger partial charge >= 0.3 is 0 Å². The number of phenolic OH excluding ortho intramolecular Hbond substituents is 1. The summed E-state index contributed by atoms with van der Waals surface area (Å²) in [6.07, 6.45) is 3.57. The van der Waals surface area contributed by atoms with Crippen LogP contribution in [0.5, 0.6) is 5.75 Å². The lowest BCUT2D eigenvalue weighted by atomic mass is 10.3. The Hall–Kier alpha value is -2.41. The minimum absolute atomic E-state index is 0.214. The van der Waals surface area contributed by atoms with Crippen molar-refractivity contribution < 1.29 is 5.11 Å². The molecule has 6 nitrogen and oxygen atoms in total. The smallest absolute Gasteiger partial charge is 0.214 e. The van der Waals surface area contributed by atoms with Crippen LogP contribution in [0.1, 0.15) is 5.56 Å². The zero-order chi connectivity index (χ0) is 13.8. The van der Waals surface area contributed by atoms with E-state index in [4.69, 9.17) is 0 Å². The quantitative estimate of drug-likeness (QED) is 0.739. The van der Waals surface area contributed by atoms with Gasteiger partial charge in [0.05, 0.1) is 5.69 Å². The zero-order valence-corrected chi connectivity index (χ0v) is 11.2. The van der Waals surface area contributed by atoms with Crippen LogP contribution < -0.4 is 0 Å². The van der Waals surface area contributed by atoms with E-state index in [9.17, 15) is 5.11 Å². The molecule has 0 aliphatic rings. The molecule has 100 valence electrons. The molecular weight excluding hydrogens is 274 g/mol. The first-order valence-electron chi connectivity index (χ1n) is 5.92. The molecule has 3 rings (SSSR count). The summed E-state index contributed by atoms with van der Waals surface area (Å²) < 4.78 is 1.64. The van der Waals surface area contributed by atoms with E-state index in [1.54, 1.807) is 35.1 Å². The molecule has 2 aromatic heterocycles. The second-order valence-electron chi connectivity index (χ2n) is 4.04. The predicted octanol–water partition coefficient (Wildman–Crippen LogP) is 2.06. The Morgan fingerprint density at radius 2 is 2.00 bits per heavy atom. The highest BCUT2D eigenvalue weighted by Crippen LogP contribution is 2.22. The van der Waals surface area contributed by atoms with E-state index >= 15 is 0 Å². The van der Waals surface area contributed by atoms with Gasteiger partial charge in [-0.3, -0.25) is 4.98 Å². The molecule has 0 radical (unpaired) electrons. The van der Waals surface area contributed by atoms with Gasteiger partial charge in [-0.25, -0.2) is 0 Å². The standard InChI is InChI=1S/C13H11N5OS/c19-12-5-3-11(4-6-12)18-13(15-16-17-18)20-9-10-2-1-7-14-8-10/h1-8,19H,9H2. The number of hydrogen-bond acceptors (Lipinski definition) is 6. The maximum absolute atomic E-state index is 9.30. The minimum Gasteiger partial charge on any atom is -0.508 e. The summed E-state index contributed by atoms with van der Waals surface area (Å²) in [5.74, 6) is 0.957. The number of nitrogens with zero attached hydrogens (tertiary/aromatic N) is 5. The van der Waals surface area contributed by atoms with Crippen molar-refractivity contribution in [2.75, 3.05) is 0 Å². The highest BCUT2D eigenvalue weighted by atomic mass is 32.2.